The number of hydrogen-bond donors (Lipinski definition) is 0. The first-order chi connectivity index (χ1) is 7.63. The summed E-state index contributed by atoms with van der Waals surface area (Å²) in [7, 11) is 0. The number of aryl methyl sites for hydroxylation is 2. The molecular weight excluding hydrogens is 198 g/mol. The van der Waals surface area contributed by atoms with Gasteiger partial charge in [-0.2, -0.15) is 5.26 Å². The van der Waals surface area contributed by atoms with E-state index in [1.54, 1.807) is 0 Å². The maximum Gasteiger partial charge on any atom is 0.0868 e. The number of rotatable bonds is 2. The van der Waals surface area contributed by atoms with Gasteiger partial charge < -0.3 is 4.74 Å². The Morgan fingerprint density at radius 3 is 2.50 bits per heavy atom. The molecule has 1 saturated heterocycles. The van der Waals surface area contributed by atoms with E-state index in [0.717, 1.165) is 19.4 Å². The third kappa shape index (κ3) is 2.25. The Kier molecular flexibility index (Phi) is 2.98. The van der Waals surface area contributed by atoms with Crippen LogP contribution in [0, 0.1) is 30.6 Å². The van der Waals surface area contributed by atoms with Crippen LogP contribution in [-0.2, 0) is 11.2 Å². The van der Waals surface area contributed by atoms with Crippen LogP contribution in [-0.4, -0.2) is 13.2 Å². The predicted molar refractivity (Wildman–Crippen MR) is 63.1 cm³/mol. The number of nitriles is 1. The first-order valence-corrected chi connectivity index (χ1v) is 5.70. The molecule has 0 spiro atoms. The van der Waals surface area contributed by atoms with Crippen LogP contribution in [0.4, 0.5) is 0 Å². The van der Waals surface area contributed by atoms with E-state index in [1.807, 2.05) is 0 Å². The van der Waals surface area contributed by atoms with E-state index in [4.69, 9.17) is 4.74 Å². The maximum atomic E-state index is 9.29. The van der Waals surface area contributed by atoms with Gasteiger partial charge in [-0.25, -0.2) is 0 Å². The Morgan fingerprint density at radius 1 is 1.31 bits per heavy atom. The lowest BCUT2D eigenvalue weighted by Crippen LogP contribution is -2.21. The molecule has 84 valence electrons. The molecule has 0 saturated carbocycles. The minimum Gasteiger partial charge on any atom is -0.380 e. The molecule has 1 aliphatic heterocycles. The summed E-state index contributed by atoms with van der Waals surface area (Å²) in [5.74, 6) is 0. The molecule has 1 aliphatic rings. The van der Waals surface area contributed by atoms with Crippen molar-refractivity contribution in [1.29, 1.82) is 5.26 Å². The molecule has 1 atom stereocenters. The van der Waals surface area contributed by atoms with Crippen LogP contribution in [0.2, 0.25) is 0 Å². The fraction of sp³-hybridized carbons (Fsp3) is 0.500. The molecule has 2 rings (SSSR count). The highest BCUT2D eigenvalue weighted by Crippen LogP contribution is 2.32. The maximum absolute atomic E-state index is 9.29. The van der Waals surface area contributed by atoms with Gasteiger partial charge >= 0.3 is 0 Å². The molecule has 1 fully saturated rings. The van der Waals surface area contributed by atoms with E-state index < -0.39 is 0 Å². The largest absolute Gasteiger partial charge is 0.380 e. The zero-order chi connectivity index (χ0) is 11.6. The average Bonchev–Trinajstić information content (AvgIpc) is 2.65. The fourth-order valence-corrected chi connectivity index (χ4v) is 2.44. The molecule has 1 aromatic rings. The molecule has 2 nitrogen and oxygen atoms in total. The Morgan fingerprint density at radius 2 is 2.00 bits per heavy atom. The summed E-state index contributed by atoms with van der Waals surface area (Å²) < 4.78 is 5.36. The highest BCUT2D eigenvalue weighted by Gasteiger charge is 2.35. The van der Waals surface area contributed by atoms with Gasteiger partial charge in [0.05, 0.1) is 18.1 Å². The molecule has 0 aromatic heterocycles. The van der Waals surface area contributed by atoms with Crippen LogP contribution < -0.4 is 0 Å². The van der Waals surface area contributed by atoms with Gasteiger partial charge in [-0.05, 0) is 32.3 Å². The lowest BCUT2D eigenvalue weighted by molar-refractivity contribution is 0.171. The van der Waals surface area contributed by atoms with Crippen LogP contribution in [0.5, 0.6) is 0 Å². The van der Waals surface area contributed by atoms with Gasteiger partial charge in [-0.3, -0.25) is 0 Å². The smallest absolute Gasteiger partial charge is 0.0868 e. The van der Waals surface area contributed by atoms with Crippen molar-refractivity contribution in [2.24, 2.45) is 5.41 Å². The molecular formula is C14H17NO. The average molecular weight is 215 g/mol. The Labute approximate surface area is 96.9 Å². The molecule has 1 heterocycles. The van der Waals surface area contributed by atoms with Crippen molar-refractivity contribution in [2.75, 3.05) is 13.2 Å². The molecule has 0 amide bonds. The van der Waals surface area contributed by atoms with Crippen LogP contribution in [0.25, 0.3) is 0 Å². The van der Waals surface area contributed by atoms with E-state index in [9.17, 15) is 5.26 Å². The van der Waals surface area contributed by atoms with E-state index in [0.29, 0.717) is 6.61 Å². The van der Waals surface area contributed by atoms with Gasteiger partial charge in [0.15, 0.2) is 0 Å². The third-order valence-electron chi connectivity index (χ3n) is 3.16. The molecule has 1 unspecified atom stereocenters. The highest BCUT2D eigenvalue weighted by molar-refractivity contribution is 5.30. The number of ether oxygens (including phenoxy) is 1. The van der Waals surface area contributed by atoms with Crippen LogP contribution >= 0.6 is 0 Å². The van der Waals surface area contributed by atoms with E-state index in [1.165, 1.54) is 16.7 Å². The van der Waals surface area contributed by atoms with Crippen LogP contribution in [0.1, 0.15) is 23.1 Å². The van der Waals surface area contributed by atoms with E-state index in [2.05, 4.69) is 38.1 Å². The summed E-state index contributed by atoms with van der Waals surface area (Å²) >= 11 is 0. The summed E-state index contributed by atoms with van der Waals surface area (Å²) in [6.07, 6.45) is 1.67. The Bertz CT molecular complexity index is 405. The lowest BCUT2D eigenvalue weighted by atomic mass is 9.82. The van der Waals surface area contributed by atoms with Crippen molar-refractivity contribution >= 4 is 0 Å². The third-order valence-corrected chi connectivity index (χ3v) is 3.16. The van der Waals surface area contributed by atoms with Gasteiger partial charge in [-0.15, -0.1) is 0 Å². The summed E-state index contributed by atoms with van der Waals surface area (Å²) in [4.78, 5) is 0. The number of nitrogens with zero attached hydrogens (tertiary/aromatic N) is 1. The van der Waals surface area contributed by atoms with Crippen LogP contribution in [0.15, 0.2) is 18.2 Å². The first-order valence-electron chi connectivity index (χ1n) is 5.70. The van der Waals surface area contributed by atoms with E-state index >= 15 is 0 Å². The second-order valence-electron chi connectivity index (χ2n) is 4.87. The highest BCUT2D eigenvalue weighted by atomic mass is 16.5. The summed E-state index contributed by atoms with van der Waals surface area (Å²) in [6, 6.07) is 8.94. The minimum atomic E-state index is -0.291. The molecule has 2 heteroatoms. The molecule has 0 radical (unpaired) electrons. The topological polar surface area (TPSA) is 33.0 Å². The second-order valence-corrected chi connectivity index (χ2v) is 4.87. The lowest BCUT2D eigenvalue weighted by Gasteiger charge is -2.18. The zero-order valence-electron chi connectivity index (χ0n) is 9.92. The summed E-state index contributed by atoms with van der Waals surface area (Å²) in [6.45, 7) is 5.50. The first kappa shape index (κ1) is 11.2. The second kappa shape index (κ2) is 4.27. The SMILES string of the molecule is Cc1cc(C)cc(CC2(C#N)CCOC2)c1. The van der Waals surface area contributed by atoms with Gasteiger partial charge in [0.1, 0.15) is 0 Å². The molecule has 0 bridgehead atoms. The molecule has 0 N–H and O–H groups in total. The molecule has 0 aliphatic carbocycles. The van der Waals surface area contributed by atoms with Crippen LogP contribution in [0.3, 0.4) is 0 Å². The van der Waals surface area contributed by atoms with Gasteiger partial charge in [0, 0.05) is 6.61 Å². The van der Waals surface area contributed by atoms with Crippen molar-refractivity contribution in [3.05, 3.63) is 34.9 Å². The van der Waals surface area contributed by atoms with Crippen molar-refractivity contribution in [3.8, 4) is 6.07 Å². The fourth-order valence-electron chi connectivity index (χ4n) is 2.44. The molecule has 1 aromatic carbocycles. The van der Waals surface area contributed by atoms with Crippen molar-refractivity contribution in [2.45, 2.75) is 26.7 Å². The summed E-state index contributed by atoms with van der Waals surface area (Å²) in [5, 5.41) is 9.29. The minimum absolute atomic E-state index is 0.291. The number of benzene rings is 1. The normalized spacial score (nSPS) is 24.3. The van der Waals surface area contributed by atoms with Gasteiger partial charge in [0.2, 0.25) is 0 Å². The van der Waals surface area contributed by atoms with Crippen molar-refractivity contribution in [3.63, 3.8) is 0 Å². The molecule has 16 heavy (non-hydrogen) atoms. The van der Waals surface area contributed by atoms with Gasteiger partial charge in [-0.1, -0.05) is 29.3 Å². The van der Waals surface area contributed by atoms with Crippen molar-refractivity contribution in [1.82, 2.24) is 0 Å². The summed E-state index contributed by atoms with van der Waals surface area (Å²) in [5.41, 5.74) is 3.49. The predicted octanol–water partition coefficient (Wildman–Crippen LogP) is 2.78. The van der Waals surface area contributed by atoms with Crippen molar-refractivity contribution < 1.29 is 4.74 Å². The Balaban J connectivity index is 2.23. The van der Waals surface area contributed by atoms with E-state index in [-0.39, 0.29) is 5.41 Å². The monoisotopic (exact) mass is 215 g/mol. The van der Waals surface area contributed by atoms with Gasteiger partial charge in [0.25, 0.3) is 0 Å². The standard InChI is InChI=1S/C14H17NO/c1-11-5-12(2)7-13(6-11)8-14(9-15)3-4-16-10-14/h5-7H,3-4,8,10H2,1-2H3. The quantitative estimate of drug-likeness (QED) is 0.760. The zero-order valence-corrected chi connectivity index (χ0v) is 9.92. The number of hydrogen-bond acceptors (Lipinski definition) is 2. The Hall–Kier alpha value is -1.33.